The number of hydrogen-bond acceptors (Lipinski definition) is 5. The summed E-state index contributed by atoms with van der Waals surface area (Å²) in [4.78, 5) is 26.5. The molecule has 1 aliphatic heterocycles. The third-order valence-corrected chi connectivity index (χ3v) is 5.19. The lowest BCUT2D eigenvalue weighted by atomic mass is 10.1. The number of hydrogen-bond donors (Lipinski definition) is 2. The highest BCUT2D eigenvalue weighted by atomic mass is 16.5. The number of urea groups is 1. The average molecular weight is 422 g/mol. The monoisotopic (exact) mass is 422 g/mol. The second-order valence-electron chi connectivity index (χ2n) is 7.35. The molecule has 162 valence electrons. The van der Waals surface area contributed by atoms with E-state index in [0.717, 1.165) is 37.2 Å². The Labute approximate surface area is 180 Å². The van der Waals surface area contributed by atoms with Crippen LogP contribution >= 0.6 is 0 Å². The summed E-state index contributed by atoms with van der Waals surface area (Å²) in [6.45, 7) is 5.00. The van der Waals surface area contributed by atoms with Crippen LogP contribution in [0.4, 0.5) is 10.5 Å². The molecule has 9 heteroatoms. The van der Waals surface area contributed by atoms with Gasteiger partial charge in [-0.1, -0.05) is 5.21 Å². The number of benzene rings is 2. The summed E-state index contributed by atoms with van der Waals surface area (Å²) in [5.41, 5.74) is 2.81. The van der Waals surface area contributed by atoms with E-state index >= 15 is 0 Å². The lowest BCUT2D eigenvalue weighted by Gasteiger charge is -2.14. The number of aromatic nitrogens is 3. The zero-order valence-corrected chi connectivity index (χ0v) is 17.5. The summed E-state index contributed by atoms with van der Waals surface area (Å²) in [6, 6.07) is 12.4. The van der Waals surface area contributed by atoms with E-state index in [2.05, 4.69) is 20.9 Å². The molecule has 0 saturated carbocycles. The fraction of sp³-hybridized carbons (Fsp3) is 0.364. The van der Waals surface area contributed by atoms with Gasteiger partial charge in [-0.3, -0.25) is 4.79 Å². The SMILES string of the molecule is CCOc1ccc(NC(=O)NCCn2nnc3cc(C(=O)N4CCCC4)ccc32)cc1. The van der Waals surface area contributed by atoms with E-state index in [4.69, 9.17) is 4.74 Å². The Hall–Kier alpha value is -3.62. The van der Waals surface area contributed by atoms with Gasteiger partial charge in [-0.15, -0.1) is 5.10 Å². The first-order valence-electron chi connectivity index (χ1n) is 10.5. The van der Waals surface area contributed by atoms with Crippen molar-refractivity contribution < 1.29 is 14.3 Å². The minimum Gasteiger partial charge on any atom is -0.494 e. The van der Waals surface area contributed by atoms with E-state index in [-0.39, 0.29) is 11.9 Å². The molecule has 0 bridgehead atoms. The van der Waals surface area contributed by atoms with Crippen molar-refractivity contribution >= 4 is 28.7 Å². The number of likely N-dealkylation sites (tertiary alicyclic amines) is 1. The molecule has 1 aromatic heterocycles. The van der Waals surface area contributed by atoms with Gasteiger partial charge in [0.05, 0.1) is 18.7 Å². The third kappa shape index (κ3) is 4.93. The number of nitrogens with one attached hydrogen (secondary N) is 2. The van der Waals surface area contributed by atoms with Crippen LogP contribution in [-0.2, 0) is 6.54 Å². The van der Waals surface area contributed by atoms with E-state index < -0.39 is 0 Å². The first-order chi connectivity index (χ1) is 15.1. The Morgan fingerprint density at radius 3 is 2.61 bits per heavy atom. The van der Waals surface area contributed by atoms with Gasteiger partial charge < -0.3 is 20.3 Å². The lowest BCUT2D eigenvalue weighted by Crippen LogP contribution is -2.31. The van der Waals surface area contributed by atoms with Crippen LogP contribution in [0.25, 0.3) is 11.0 Å². The summed E-state index contributed by atoms with van der Waals surface area (Å²) < 4.78 is 7.11. The molecule has 4 rings (SSSR count). The van der Waals surface area contributed by atoms with Crippen molar-refractivity contribution in [1.29, 1.82) is 0 Å². The topological polar surface area (TPSA) is 101 Å². The van der Waals surface area contributed by atoms with Gasteiger partial charge in [-0.25, -0.2) is 9.48 Å². The van der Waals surface area contributed by atoms with Gasteiger partial charge in [-0.2, -0.15) is 0 Å². The number of rotatable bonds is 7. The van der Waals surface area contributed by atoms with Crippen LogP contribution in [-0.4, -0.2) is 58.1 Å². The van der Waals surface area contributed by atoms with Crippen LogP contribution in [0, 0.1) is 0 Å². The molecule has 2 N–H and O–H groups in total. The fourth-order valence-electron chi connectivity index (χ4n) is 3.62. The van der Waals surface area contributed by atoms with Gasteiger partial charge in [0, 0.05) is 30.9 Å². The van der Waals surface area contributed by atoms with Crippen molar-refractivity contribution in [2.45, 2.75) is 26.3 Å². The van der Waals surface area contributed by atoms with E-state index in [9.17, 15) is 9.59 Å². The highest BCUT2D eigenvalue weighted by molar-refractivity contribution is 5.97. The van der Waals surface area contributed by atoms with E-state index in [1.165, 1.54) is 0 Å². The molecule has 31 heavy (non-hydrogen) atoms. The van der Waals surface area contributed by atoms with Crippen molar-refractivity contribution in [2.75, 3.05) is 31.6 Å². The number of amides is 3. The minimum atomic E-state index is -0.299. The van der Waals surface area contributed by atoms with Crippen LogP contribution in [0.5, 0.6) is 5.75 Å². The standard InChI is InChI=1S/C22H26N6O3/c1-2-31-18-8-6-17(7-9-18)24-22(30)23-11-14-28-20-10-5-16(15-19(20)25-26-28)21(29)27-12-3-4-13-27/h5-10,15H,2-4,11-14H2,1H3,(H2,23,24,30). The van der Waals surface area contributed by atoms with Gasteiger partial charge in [-0.05, 0) is 62.2 Å². The first kappa shape index (κ1) is 20.6. The molecule has 0 atom stereocenters. The number of carbonyl (C=O) groups excluding carboxylic acids is 2. The van der Waals surface area contributed by atoms with Gasteiger partial charge in [0.15, 0.2) is 0 Å². The van der Waals surface area contributed by atoms with Crippen molar-refractivity contribution in [3.05, 3.63) is 48.0 Å². The molecule has 2 heterocycles. The maximum absolute atomic E-state index is 12.6. The van der Waals surface area contributed by atoms with Gasteiger partial charge >= 0.3 is 6.03 Å². The Kier molecular flexibility index (Phi) is 6.30. The van der Waals surface area contributed by atoms with E-state index in [1.807, 2.05) is 36.1 Å². The Bertz CT molecular complexity index is 1060. The van der Waals surface area contributed by atoms with Crippen molar-refractivity contribution in [1.82, 2.24) is 25.2 Å². The summed E-state index contributed by atoms with van der Waals surface area (Å²) in [6.07, 6.45) is 2.12. The molecule has 3 amide bonds. The molecule has 1 saturated heterocycles. The molecular formula is C22H26N6O3. The van der Waals surface area contributed by atoms with E-state index in [0.29, 0.717) is 36.5 Å². The predicted octanol–water partition coefficient (Wildman–Crippen LogP) is 2.89. The van der Waals surface area contributed by atoms with Gasteiger partial charge in [0.1, 0.15) is 11.3 Å². The summed E-state index contributed by atoms with van der Waals surface area (Å²) in [5, 5.41) is 13.9. The summed E-state index contributed by atoms with van der Waals surface area (Å²) in [7, 11) is 0. The highest BCUT2D eigenvalue weighted by Gasteiger charge is 2.20. The maximum atomic E-state index is 12.6. The Morgan fingerprint density at radius 2 is 1.87 bits per heavy atom. The molecule has 3 aromatic rings. The fourth-order valence-corrected chi connectivity index (χ4v) is 3.62. The Morgan fingerprint density at radius 1 is 1.10 bits per heavy atom. The van der Waals surface area contributed by atoms with Gasteiger partial charge in [0.25, 0.3) is 5.91 Å². The highest BCUT2D eigenvalue weighted by Crippen LogP contribution is 2.18. The first-order valence-corrected chi connectivity index (χ1v) is 10.5. The maximum Gasteiger partial charge on any atom is 0.319 e. The molecule has 9 nitrogen and oxygen atoms in total. The van der Waals surface area contributed by atoms with Crippen LogP contribution in [0.15, 0.2) is 42.5 Å². The summed E-state index contributed by atoms with van der Waals surface area (Å²) in [5.74, 6) is 0.804. The molecular weight excluding hydrogens is 396 g/mol. The minimum absolute atomic E-state index is 0.0431. The van der Waals surface area contributed by atoms with Crippen molar-refractivity contribution in [2.24, 2.45) is 0 Å². The molecule has 0 radical (unpaired) electrons. The average Bonchev–Trinajstić information content (AvgIpc) is 3.45. The molecule has 2 aromatic carbocycles. The number of carbonyl (C=O) groups is 2. The second kappa shape index (κ2) is 9.46. The molecule has 0 aliphatic carbocycles. The van der Waals surface area contributed by atoms with Crippen LogP contribution in [0.3, 0.4) is 0 Å². The van der Waals surface area contributed by atoms with Gasteiger partial charge in [0.2, 0.25) is 0 Å². The Balaban J connectivity index is 1.30. The number of fused-ring (bicyclic) bond motifs is 1. The zero-order chi connectivity index (χ0) is 21.6. The van der Waals surface area contributed by atoms with Crippen LogP contribution in [0.1, 0.15) is 30.1 Å². The lowest BCUT2D eigenvalue weighted by molar-refractivity contribution is 0.0793. The zero-order valence-electron chi connectivity index (χ0n) is 17.5. The second-order valence-corrected chi connectivity index (χ2v) is 7.35. The largest absolute Gasteiger partial charge is 0.494 e. The number of nitrogens with zero attached hydrogens (tertiary/aromatic N) is 4. The molecule has 1 fully saturated rings. The quantitative estimate of drug-likeness (QED) is 0.610. The number of ether oxygens (including phenoxy) is 1. The molecule has 0 unspecified atom stereocenters. The molecule has 0 spiro atoms. The number of anilines is 1. The van der Waals surface area contributed by atoms with Crippen LogP contribution in [0.2, 0.25) is 0 Å². The predicted molar refractivity (Wildman–Crippen MR) is 117 cm³/mol. The van der Waals surface area contributed by atoms with E-state index in [1.54, 1.807) is 22.9 Å². The van der Waals surface area contributed by atoms with Crippen molar-refractivity contribution in [3.8, 4) is 5.75 Å². The smallest absolute Gasteiger partial charge is 0.319 e. The molecule has 1 aliphatic rings. The third-order valence-electron chi connectivity index (χ3n) is 5.19. The summed E-state index contributed by atoms with van der Waals surface area (Å²) >= 11 is 0. The normalized spacial score (nSPS) is 13.4. The van der Waals surface area contributed by atoms with Crippen LogP contribution < -0.4 is 15.4 Å². The van der Waals surface area contributed by atoms with Crippen molar-refractivity contribution in [3.63, 3.8) is 0 Å².